The third-order valence-corrected chi connectivity index (χ3v) is 0. The smallest absolute Gasteiger partial charge is 0.356 e. The van der Waals surface area contributed by atoms with Crippen molar-refractivity contribution in [2.24, 2.45) is 0 Å². The SMILES string of the molecule is O=[N+]([O-])[O-].O=[N+]([O-])[O-].O=[N+]([O-])[O-].O=[N+]([O-])[O-].[Ru+4]. The van der Waals surface area contributed by atoms with Crippen molar-refractivity contribution in [3.8, 4) is 0 Å². The number of rotatable bonds is 0. The molecule has 0 unspecified atom stereocenters. The van der Waals surface area contributed by atoms with Crippen LogP contribution in [0, 0.1) is 61.3 Å². The Morgan fingerprint density at radius 3 is 0.412 bits per heavy atom. The standard InChI is InChI=1S/4NO3.Ru/c4*2-1(3)4;/q4*-1;+4. The molecule has 0 aromatic rings. The van der Waals surface area contributed by atoms with Gasteiger partial charge in [-0.2, -0.15) is 0 Å². The Morgan fingerprint density at radius 1 is 0.412 bits per heavy atom. The van der Waals surface area contributed by atoms with E-state index in [1.165, 1.54) is 0 Å². The van der Waals surface area contributed by atoms with E-state index in [-0.39, 0.29) is 19.5 Å². The summed E-state index contributed by atoms with van der Waals surface area (Å²) in [6.45, 7) is 0. The minimum absolute atomic E-state index is 0. The first-order chi connectivity index (χ1) is 6.93. The van der Waals surface area contributed by atoms with Gasteiger partial charge in [-0.1, -0.05) is 0 Å². The predicted octanol–water partition coefficient (Wildman–Crippen LogP) is -0.959. The summed E-state index contributed by atoms with van der Waals surface area (Å²) in [5.74, 6) is 0. The molecule has 0 aliphatic rings. The number of nitrogens with zero attached hydrogens (tertiary/aromatic N) is 4. The molecule has 0 aromatic carbocycles. The summed E-state index contributed by atoms with van der Waals surface area (Å²) in [6.07, 6.45) is 0. The monoisotopic (exact) mass is 350 g/mol. The minimum Gasteiger partial charge on any atom is -0.356 e. The van der Waals surface area contributed by atoms with Gasteiger partial charge in [-0.05, 0) is 0 Å². The van der Waals surface area contributed by atoms with E-state index in [0.29, 0.717) is 0 Å². The quantitative estimate of drug-likeness (QED) is 0.290. The predicted molar refractivity (Wildman–Crippen MR) is 41.4 cm³/mol. The van der Waals surface area contributed by atoms with Crippen LogP contribution in [0.15, 0.2) is 0 Å². The van der Waals surface area contributed by atoms with Crippen molar-refractivity contribution < 1.29 is 39.8 Å². The number of hydrogen-bond acceptors (Lipinski definition) is 12. The molecule has 17 heteroatoms. The van der Waals surface area contributed by atoms with E-state index in [1.807, 2.05) is 0 Å². The molecule has 100 valence electrons. The van der Waals surface area contributed by atoms with Crippen LogP contribution in [0.1, 0.15) is 0 Å². The van der Waals surface area contributed by atoms with Gasteiger partial charge < -0.3 is 61.3 Å². The van der Waals surface area contributed by atoms with Crippen LogP contribution in [0.2, 0.25) is 0 Å². The third-order valence-electron chi connectivity index (χ3n) is 0. The zero-order chi connectivity index (χ0) is 14.3. The molecule has 0 aliphatic carbocycles. The van der Waals surface area contributed by atoms with E-state index in [2.05, 4.69) is 0 Å². The van der Waals surface area contributed by atoms with Gasteiger partial charge >= 0.3 is 19.5 Å². The van der Waals surface area contributed by atoms with Crippen LogP contribution >= 0.6 is 0 Å². The first kappa shape index (κ1) is 29.3. The minimum atomic E-state index is -1.75. The largest absolute Gasteiger partial charge is 4.00 e. The van der Waals surface area contributed by atoms with Crippen LogP contribution in [-0.4, -0.2) is 20.3 Å². The third kappa shape index (κ3) is 264. The molecule has 17 heavy (non-hydrogen) atoms. The summed E-state index contributed by atoms with van der Waals surface area (Å²) in [4.78, 5) is 33.0. The van der Waals surface area contributed by atoms with Gasteiger partial charge in [0.1, 0.15) is 0 Å². The van der Waals surface area contributed by atoms with Crippen LogP contribution in [0.5, 0.6) is 0 Å². The second kappa shape index (κ2) is 23.3. The van der Waals surface area contributed by atoms with Crippen LogP contribution in [0.4, 0.5) is 0 Å². The number of hydrogen-bond donors (Lipinski definition) is 0. The molecular weight excluding hydrogens is 349 g/mol. The molecule has 0 saturated heterocycles. The zero-order valence-corrected chi connectivity index (χ0v) is 8.78. The first-order valence-corrected chi connectivity index (χ1v) is 2.19. The Bertz CT molecular complexity index is 159. The van der Waals surface area contributed by atoms with E-state index in [0.717, 1.165) is 0 Å². The second-order valence-electron chi connectivity index (χ2n) is 0.894. The van der Waals surface area contributed by atoms with Crippen molar-refractivity contribution in [1.29, 1.82) is 0 Å². The van der Waals surface area contributed by atoms with Crippen LogP contribution in [0.3, 0.4) is 0 Å². The van der Waals surface area contributed by atoms with E-state index >= 15 is 0 Å². The van der Waals surface area contributed by atoms with E-state index in [9.17, 15) is 0 Å². The fourth-order valence-electron chi connectivity index (χ4n) is 0. The summed E-state index contributed by atoms with van der Waals surface area (Å²) in [5, 5.41) is 59.0. The maximum absolute atomic E-state index is 8.25. The van der Waals surface area contributed by atoms with Gasteiger partial charge in [0.15, 0.2) is 0 Å². The first-order valence-electron chi connectivity index (χ1n) is 2.19. The maximum Gasteiger partial charge on any atom is 4.00 e. The van der Waals surface area contributed by atoms with Gasteiger partial charge in [-0.25, -0.2) is 0 Å². The summed E-state index contributed by atoms with van der Waals surface area (Å²) < 4.78 is 0. The van der Waals surface area contributed by atoms with Crippen LogP contribution in [-0.2, 0) is 19.5 Å². The average Bonchev–Trinajstić information content (AvgIpc) is 1.76. The summed E-state index contributed by atoms with van der Waals surface area (Å²) in [5.41, 5.74) is 0. The fourth-order valence-corrected chi connectivity index (χ4v) is 0. The molecule has 0 aliphatic heterocycles. The van der Waals surface area contributed by atoms with Crippen molar-refractivity contribution in [1.82, 2.24) is 0 Å². The fraction of sp³-hybridized carbons (Fsp3) is 0. The molecule has 0 aromatic heterocycles. The summed E-state index contributed by atoms with van der Waals surface area (Å²) in [7, 11) is 0. The second-order valence-corrected chi connectivity index (χ2v) is 0.894. The summed E-state index contributed by atoms with van der Waals surface area (Å²) >= 11 is 0. The van der Waals surface area contributed by atoms with Gasteiger partial charge in [-0.15, -0.1) is 0 Å². The molecule has 0 radical (unpaired) electrons. The van der Waals surface area contributed by atoms with Crippen LogP contribution in [0.25, 0.3) is 0 Å². The van der Waals surface area contributed by atoms with Crippen molar-refractivity contribution in [2.75, 3.05) is 0 Å². The molecule has 0 rings (SSSR count). The van der Waals surface area contributed by atoms with E-state index in [1.54, 1.807) is 0 Å². The molecule has 0 spiro atoms. The summed E-state index contributed by atoms with van der Waals surface area (Å²) in [6, 6.07) is 0. The molecule has 0 saturated carbocycles. The molecule has 0 atom stereocenters. The van der Waals surface area contributed by atoms with Gasteiger partial charge in [0, 0.05) is 0 Å². The van der Waals surface area contributed by atoms with E-state index in [4.69, 9.17) is 61.3 Å². The maximum atomic E-state index is 8.25. The van der Waals surface area contributed by atoms with Crippen molar-refractivity contribution in [3.63, 3.8) is 0 Å². The van der Waals surface area contributed by atoms with E-state index < -0.39 is 20.3 Å². The molecule has 16 nitrogen and oxygen atoms in total. The zero-order valence-electron chi connectivity index (χ0n) is 7.04. The Balaban J connectivity index is -0.0000000369. The Morgan fingerprint density at radius 2 is 0.412 bits per heavy atom. The van der Waals surface area contributed by atoms with Gasteiger partial charge in [0.25, 0.3) is 0 Å². The molecular formula is N4O12Ru. The van der Waals surface area contributed by atoms with Crippen LogP contribution < -0.4 is 0 Å². The Hall–Kier alpha value is -2.58. The molecule has 0 N–H and O–H groups in total. The Kier molecular flexibility index (Phi) is 40.2. The van der Waals surface area contributed by atoms with Gasteiger partial charge in [-0.3, -0.25) is 0 Å². The van der Waals surface area contributed by atoms with Gasteiger partial charge in [0.2, 0.25) is 0 Å². The van der Waals surface area contributed by atoms with Gasteiger partial charge in [0.05, 0.1) is 20.3 Å². The Labute approximate surface area is 102 Å². The molecule has 0 amide bonds. The molecule has 0 fully saturated rings. The normalized spacial score (nSPS) is 5.65. The molecule has 0 bridgehead atoms. The topological polar surface area (TPSA) is 265 Å². The van der Waals surface area contributed by atoms with Crippen molar-refractivity contribution in [3.05, 3.63) is 61.3 Å². The molecule has 0 heterocycles. The average molecular weight is 349 g/mol. The van der Waals surface area contributed by atoms with Crippen molar-refractivity contribution >= 4 is 0 Å². The van der Waals surface area contributed by atoms with Crippen molar-refractivity contribution in [2.45, 2.75) is 0 Å².